The Hall–Kier alpha value is -0.870. The number of rotatable bonds is 5. The van der Waals surface area contributed by atoms with Gasteiger partial charge in [0.25, 0.3) is 0 Å². The molecule has 2 fully saturated rings. The summed E-state index contributed by atoms with van der Waals surface area (Å²) in [6, 6.07) is 0.660. The Kier molecular flexibility index (Phi) is 3.89. The standard InChI is InChI=1S/C15H25N3O/c1-12-8-16-15(19-12)11-17(2)14-6-7-18(10-14)9-13-4-3-5-13/h8,13-14H,3-7,9-11H2,1-2H3/t14-/m1/s1. The number of hydrogen-bond donors (Lipinski definition) is 0. The maximum absolute atomic E-state index is 5.57. The number of aromatic nitrogens is 1. The van der Waals surface area contributed by atoms with Crippen molar-refractivity contribution in [1.29, 1.82) is 0 Å². The van der Waals surface area contributed by atoms with Gasteiger partial charge in [0.1, 0.15) is 5.76 Å². The van der Waals surface area contributed by atoms with Crippen LogP contribution in [0.15, 0.2) is 10.6 Å². The van der Waals surface area contributed by atoms with E-state index in [1.54, 1.807) is 6.20 Å². The third-order valence-corrected chi connectivity index (χ3v) is 4.67. The van der Waals surface area contributed by atoms with E-state index in [1.807, 2.05) is 6.92 Å². The van der Waals surface area contributed by atoms with Gasteiger partial charge in [-0.1, -0.05) is 6.42 Å². The van der Waals surface area contributed by atoms with Crippen molar-refractivity contribution in [3.05, 3.63) is 17.8 Å². The van der Waals surface area contributed by atoms with Gasteiger partial charge in [-0.05, 0) is 45.7 Å². The second kappa shape index (κ2) is 5.63. The van der Waals surface area contributed by atoms with Crippen molar-refractivity contribution in [3.63, 3.8) is 0 Å². The second-order valence-electron chi connectivity index (χ2n) is 6.28. The smallest absolute Gasteiger partial charge is 0.208 e. The third kappa shape index (κ3) is 3.18. The first-order chi connectivity index (χ1) is 9.20. The molecule has 1 saturated heterocycles. The first-order valence-corrected chi connectivity index (χ1v) is 7.54. The van der Waals surface area contributed by atoms with Gasteiger partial charge in [0.15, 0.2) is 0 Å². The molecule has 2 heterocycles. The van der Waals surface area contributed by atoms with Gasteiger partial charge in [-0.3, -0.25) is 4.90 Å². The Labute approximate surface area is 115 Å². The number of likely N-dealkylation sites (tertiary alicyclic amines) is 1. The maximum Gasteiger partial charge on any atom is 0.208 e. The second-order valence-corrected chi connectivity index (χ2v) is 6.28. The van der Waals surface area contributed by atoms with Gasteiger partial charge in [0.05, 0.1) is 12.7 Å². The van der Waals surface area contributed by atoms with Gasteiger partial charge >= 0.3 is 0 Å². The lowest BCUT2D eigenvalue weighted by atomic mass is 9.85. The molecule has 0 N–H and O–H groups in total. The fourth-order valence-corrected chi connectivity index (χ4v) is 3.20. The Balaban J connectivity index is 1.46. The molecule has 1 aliphatic heterocycles. The van der Waals surface area contributed by atoms with E-state index in [9.17, 15) is 0 Å². The Morgan fingerprint density at radius 1 is 1.42 bits per heavy atom. The van der Waals surface area contributed by atoms with E-state index in [0.717, 1.165) is 24.1 Å². The summed E-state index contributed by atoms with van der Waals surface area (Å²) in [5, 5.41) is 0. The van der Waals surface area contributed by atoms with Crippen molar-refractivity contribution in [3.8, 4) is 0 Å². The highest BCUT2D eigenvalue weighted by atomic mass is 16.4. The lowest BCUT2D eigenvalue weighted by Crippen LogP contribution is -2.36. The molecule has 2 aliphatic rings. The minimum absolute atomic E-state index is 0.660. The van der Waals surface area contributed by atoms with Crippen LogP contribution < -0.4 is 0 Å². The number of hydrogen-bond acceptors (Lipinski definition) is 4. The average Bonchev–Trinajstić information content (AvgIpc) is 2.93. The molecule has 1 aromatic rings. The van der Waals surface area contributed by atoms with E-state index in [0.29, 0.717) is 6.04 Å². The number of likely N-dealkylation sites (N-methyl/N-ethyl adjacent to an activating group) is 1. The van der Waals surface area contributed by atoms with E-state index in [-0.39, 0.29) is 0 Å². The van der Waals surface area contributed by atoms with Crippen LogP contribution in [0.3, 0.4) is 0 Å². The van der Waals surface area contributed by atoms with Crippen LogP contribution in [0.4, 0.5) is 0 Å². The SMILES string of the molecule is Cc1cnc(CN(C)[C@@H]2CCN(CC3CCC3)C2)o1. The van der Waals surface area contributed by atoms with E-state index in [4.69, 9.17) is 4.42 Å². The predicted molar refractivity (Wildman–Crippen MR) is 74.9 cm³/mol. The van der Waals surface area contributed by atoms with Crippen LogP contribution in [-0.2, 0) is 6.54 Å². The molecule has 4 nitrogen and oxygen atoms in total. The Bertz CT molecular complexity index is 413. The van der Waals surface area contributed by atoms with Crippen LogP contribution in [0, 0.1) is 12.8 Å². The Morgan fingerprint density at radius 2 is 2.26 bits per heavy atom. The average molecular weight is 263 g/mol. The van der Waals surface area contributed by atoms with Crippen LogP contribution in [0.2, 0.25) is 0 Å². The molecule has 0 bridgehead atoms. The van der Waals surface area contributed by atoms with Crippen molar-refractivity contribution in [2.75, 3.05) is 26.7 Å². The van der Waals surface area contributed by atoms with Crippen LogP contribution in [0.1, 0.15) is 37.3 Å². The van der Waals surface area contributed by atoms with Crippen molar-refractivity contribution in [2.45, 2.75) is 45.2 Å². The fraction of sp³-hybridized carbons (Fsp3) is 0.800. The molecule has 0 radical (unpaired) electrons. The molecule has 3 rings (SSSR count). The van der Waals surface area contributed by atoms with E-state index in [1.165, 1.54) is 45.3 Å². The topological polar surface area (TPSA) is 32.5 Å². The van der Waals surface area contributed by atoms with Crippen molar-refractivity contribution in [2.24, 2.45) is 5.92 Å². The molecule has 1 atom stereocenters. The van der Waals surface area contributed by atoms with Gasteiger partial charge < -0.3 is 9.32 Å². The summed E-state index contributed by atoms with van der Waals surface area (Å²) >= 11 is 0. The van der Waals surface area contributed by atoms with Crippen molar-refractivity contribution >= 4 is 0 Å². The fourth-order valence-electron chi connectivity index (χ4n) is 3.20. The highest BCUT2D eigenvalue weighted by Crippen LogP contribution is 2.28. The first-order valence-electron chi connectivity index (χ1n) is 7.54. The summed E-state index contributed by atoms with van der Waals surface area (Å²) in [5.41, 5.74) is 0. The summed E-state index contributed by atoms with van der Waals surface area (Å²) in [7, 11) is 2.19. The first kappa shape index (κ1) is 13.1. The molecule has 1 saturated carbocycles. The van der Waals surface area contributed by atoms with E-state index in [2.05, 4.69) is 21.8 Å². The molecular formula is C15H25N3O. The molecule has 1 aliphatic carbocycles. The zero-order chi connectivity index (χ0) is 13.2. The van der Waals surface area contributed by atoms with Gasteiger partial charge in [-0.15, -0.1) is 0 Å². The highest BCUT2D eigenvalue weighted by Gasteiger charge is 2.29. The van der Waals surface area contributed by atoms with Gasteiger partial charge in [0, 0.05) is 19.1 Å². The predicted octanol–water partition coefficient (Wildman–Crippen LogP) is 2.29. The van der Waals surface area contributed by atoms with Crippen LogP contribution in [-0.4, -0.2) is 47.5 Å². The third-order valence-electron chi connectivity index (χ3n) is 4.67. The lowest BCUT2D eigenvalue weighted by molar-refractivity contribution is 0.176. The Morgan fingerprint density at radius 3 is 2.89 bits per heavy atom. The summed E-state index contributed by atoms with van der Waals surface area (Å²) < 4.78 is 5.57. The van der Waals surface area contributed by atoms with E-state index < -0.39 is 0 Å². The number of aryl methyl sites for hydroxylation is 1. The minimum atomic E-state index is 0.660. The van der Waals surface area contributed by atoms with E-state index >= 15 is 0 Å². The van der Waals surface area contributed by atoms with Crippen LogP contribution in [0.25, 0.3) is 0 Å². The molecule has 4 heteroatoms. The summed E-state index contributed by atoms with van der Waals surface area (Å²) in [4.78, 5) is 9.33. The van der Waals surface area contributed by atoms with Gasteiger partial charge in [0.2, 0.25) is 5.89 Å². The van der Waals surface area contributed by atoms with Crippen molar-refractivity contribution < 1.29 is 4.42 Å². The minimum Gasteiger partial charge on any atom is -0.445 e. The zero-order valence-corrected chi connectivity index (χ0v) is 12.1. The zero-order valence-electron chi connectivity index (χ0n) is 12.1. The maximum atomic E-state index is 5.57. The molecule has 1 aromatic heterocycles. The van der Waals surface area contributed by atoms with Crippen molar-refractivity contribution in [1.82, 2.24) is 14.8 Å². The molecule has 0 amide bonds. The highest BCUT2D eigenvalue weighted by molar-refractivity contribution is 4.92. The summed E-state index contributed by atoms with van der Waals surface area (Å²) in [5.74, 6) is 2.73. The number of oxazole rings is 1. The summed E-state index contributed by atoms with van der Waals surface area (Å²) in [6.07, 6.45) is 7.44. The van der Waals surface area contributed by atoms with Gasteiger partial charge in [-0.2, -0.15) is 0 Å². The quantitative estimate of drug-likeness (QED) is 0.816. The largest absolute Gasteiger partial charge is 0.445 e. The lowest BCUT2D eigenvalue weighted by Gasteiger charge is -2.30. The molecule has 0 spiro atoms. The monoisotopic (exact) mass is 263 g/mol. The normalized spacial score (nSPS) is 25.1. The molecule has 0 unspecified atom stereocenters. The van der Waals surface area contributed by atoms with Crippen LogP contribution >= 0.6 is 0 Å². The molecular weight excluding hydrogens is 238 g/mol. The molecule has 106 valence electrons. The summed E-state index contributed by atoms with van der Waals surface area (Å²) in [6.45, 7) is 6.58. The van der Waals surface area contributed by atoms with Gasteiger partial charge in [-0.25, -0.2) is 4.98 Å². The molecule has 19 heavy (non-hydrogen) atoms. The van der Waals surface area contributed by atoms with Crippen LogP contribution in [0.5, 0.6) is 0 Å². The molecule has 0 aromatic carbocycles. The number of nitrogens with zero attached hydrogens (tertiary/aromatic N) is 3.